The molecule has 0 bridgehead atoms. The van der Waals surface area contributed by atoms with E-state index in [1.807, 2.05) is 20.8 Å². The Kier molecular flexibility index (Phi) is 4.72. The lowest BCUT2D eigenvalue weighted by molar-refractivity contribution is -0.155. The summed E-state index contributed by atoms with van der Waals surface area (Å²) in [5, 5.41) is 10.3. The number of fused-ring (bicyclic) bond motifs is 1. The minimum Gasteiger partial charge on any atom is -0.465 e. The quantitative estimate of drug-likeness (QED) is 0.806. The van der Waals surface area contributed by atoms with Gasteiger partial charge in [-0.2, -0.15) is 0 Å². The van der Waals surface area contributed by atoms with E-state index in [0.29, 0.717) is 24.4 Å². The van der Waals surface area contributed by atoms with Crippen molar-refractivity contribution in [2.75, 3.05) is 6.61 Å². The van der Waals surface area contributed by atoms with Crippen molar-refractivity contribution in [3.63, 3.8) is 0 Å². The number of hydrogen-bond donors (Lipinski definition) is 1. The van der Waals surface area contributed by atoms with Crippen LogP contribution in [0.5, 0.6) is 0 Å². The minimum atomic E-state index is -0.428. The van der Waals surface area contributed by atoms with Crippen LogP contribution in [0.25, 0.3) is 0 Å². The third-order valence-corrected chi connectivity index (χ3v) is 5.94. The highest BCUT2D eigenvalue weighted by atomic mass is 16.5. The van der Waals surface area contributed by atoms with E-state index < -0.39 is 5.41 Å². The fourth-order valence-electron chi connectivity index (χ4n) is 4.66. The Morgan fingerprint density at radius 2 is 2.00 bits per heavy atom. The van der Waals surface area contributed by atoms with E-state index in [9.17, 15) is 9.90 Å². The Labute approximate surface area is 129 Å². The number of esters is 1. The summed E-state index contributed by atoms with van der Waals surface area (Å²) in [5.74, 6) is 1.26. The van der Waals surface area contributed by atoms with Gasteiger partial charge in [-0.05, 0) is 69.6 Å². The molecule has 2 fully saturated rings. The molecule has 2 saturated carbocycles. The van der Waals surface area contributed by atoms with Gasteiger partial charge in [-0.25, -0.2) is 0 Å². The average Bonchev–Trinajstić information content (AvgIpc) is 2.73. The van der Waals surface area contributed by atoms with Gasteiger partial charge in [-0.1, -0.05) is 20.3 Å². The highest BCUT2D eigenvalue weighted by Crippen LogP contribution is 2.57. The normalized spacial score (nSPS) is 37.9. The molecule has 122 valence electrons. The standard InChI is InChI=1S/C18H32O3/c1-12(11-21-16(20)17(2,3)4)13-8-9-14-15(19)7-6-10-18(13,14)5/h12-15,19H,6-11H2,1-5H3/t12-,13?,14?,15?,18?/m0/s1. The summed E-state index contributed by atoms with van der Waals surface area (Å²) in [6, 6.07) is 0. The fraction of sp³-hybridized carbons (Fsp3) is 0.944. The maximum Gasteiger partial charge on any atom is 0.311 e. The SMILES string of the molecule is C[C@@H](COC(=O)C(C)(C)C)C1CCC2C(O)CCCC21C. The second-order valence-electron chi connectivity index (χ2n) is 8.58. The van der Waals surface area contributed by atoms with Crippen LogP contribution in [0.2, 0.25) is 0 Å². The van der Waals surface area contributed by atoms with Gasteiger partial charge in [0.25, 0.3) is 0 Å². The van der Waals surface area contributed by atoms with Crippen molar-refractivity contribution in [3.8, 4) is 0 Å². The van der Waals surface area contributed by atoms with Gasteiger partial charge >= 0.3 is 5.97 Å². The Morgan fingerprint density at radius 3 is 2.62 bits per heavy atom. The van der Waals surface area contributed by atoms with E-state index in [2.05, 4.69) is 13.8 Å². The topological polar surface area (TPSA) is 46.5 Å². The molecule has 2 rings (SSSR count). The lowest BCUT2D eigenvalue weighted by Gasteiger charge is -2.45. The van der Waals surface area contributed by atoms with Crippen LogP contribution in [0.15, 0.2) is 0 Å². The fourth-order valence-corrected chi connectivity index (χ4v) is 4.66. The summed E-state index contributed by atoms with van der Waals surface area (Å²) in [4.78, 5) is 11.9. The number of aliphatic hydroxyl groups is 1. The molecule has 0 aliphatic heterocycles. The molecule has 21 heavy (non-hydrogen) atoms. The Morgan fingerprint density at radius 1 is 1.33 bits per heavy atom. The lowest BCUT2D eigenvalue weighted by atomic mass is 9.62. The predicted molar refractivity (Wildman–Crippen MR) is 83.8 cm³/mol. The molecule has 0 heterocycles. The second kappa shape index (κ2) is 5.91. The first kappa shape index (κ1) is 16.8. The van der Waals surface area contributed by atoms with Crippen molar-refractivity contribution in [3.05, 3.63) is 0 Å². The monoisotopic (exact) mass is 296 g/mol. The van der Waals surface area contributed by atoms with E-state index in [1.165, 1.54) is 6.42 Å². The largest absolute Gasteiger partial charge is 0.465 e. The molecular formula is C18H32O3. The number of ether oxygens (including phenoxy) is 1. The van der Waals surface area contributed by atoms with E-state index in [0.717, 1.165) is 25.7 Å². The molecule has 3 nitrogen and oxygen atoms in total. The second-order valence-corrected chi connectivity index (χ2v) is 8.58. The van der Waals surface area contributed by atoms with E-state index in [1.54, 1.807) is 0 Å². The molecule has 2 aliphatic carbocycles. The number of rotatable bonds is 3. The summed E-state index contributed by atoms with van der Waals surface area (Å²) in [7, 11) is 0. The average molecular weight is 296 g/mol. The van der Waals surface area contributed by atoms with Crippen molar-refractivity contribution in [2.45, 2.75) is 72.8 Å². The van der Waals surface area contributed by atoms with Crippen molar-refractivity contribution in [1.29, 1.82) is 0 Å². The number of hydrogen-bond acceptors (Lipinski definition) is 3. The molecule has 0 saturated heterocycles. The van der Waals surface area contributed by atoms with Crippen molar-refractivity contribution in [1.82, 2.24) is 0 Å². The van der Waals surface area contributed by atoms with E-state index in [4.69, 9.17) is 4.74 Å². The molecule has 1 N–H and O–H groups in total. The van der Waals surface area contributed by atoms with Gasteiger partial charge in [0.2, 0.25) is 0 Å². The van der Waals surface area contributed by atoms with Crippen LogP contribution >= 0.6 is 0 Å². The van der Waals surface area contributed by atoms with Crippen LogP contribution in [0.1, 0.15) is 66.7 Å². The smallest absolute Gasteiger partial charge is 0.311 e. The first-order chi connectivity index (χ1) is 9.66. The maximum absolute atomic E-state index is 11.9. The summed E-state index contributed by atoms with van der Waals surface area (Å²) < 4.78 is 5.53. The Balaban J connectivity index is 1.97. The summed E-state index contributed by atoms with van der Waals surface area (Å²) in [6.07, 6.45) is 5.45. The lowest BCUT2D eigenvalue weighted by Crippen LogP contribution is -2.42. The van der Waals surface area contributed by atoms with Gasteiger partial charge in [0, 0.05) is 0 Å². The van der Waals surface area contributed by atoms with Gasteiger partial charge < -0.3 is 9.84 Å². The molecule has 0 aromatic carbocycles. The zero-order valence-corrected chi connectivity index (χ0v) is 14.3. The zero-order chi connectivity index (χ0) is 15.8. The highest BCUT2D eigenvalue weighted by Gasteiger charge is 2.52. The van der Waals surface area contributed by atoms with Gasteiger partial charge in [0.15, 0.2) is 0 Å². The molecule has 0 radical (unpaired) electrons. The van der Waals surface area contributed by atoms with Crippen LogP contribution < -0.4 is 0 Å². The Hall–Kier alpha value is -0.570. The van der Waals surface area contributed by atoms with Crippen LogP contribution in [0.3, 0.4) is 0 Å². The minimum absolute atomic E-state index is 0.113. The molecule has 5 atom stereocenters. The van der Waals surface area contributed by atoms with Crippen LogP contribution in [0.4, 0.5) is 0 Å². The predicted octanol–water partition coefficient (Wildman–Crippen LogP) is 3.79. The molecule has 3 heteroatoms. The number of aliphatic hydroxyl groups excluding tert-OH is 1. The van der Waals surface area contributed by atoms with E-state index >= 15 is 0 Å². The van der Waals surface area contributed by atoms with Gasteiger partial charge in [0.1, 0.15) is 0 Å². The van der Waals surface area contributed by atoms with Crippen LogP contribution in [0, 0.1) is 28.6 Å². The molecule has 0 aromatic rings. The van der Waals surface area contributed by atoms with Crippen LogP contribution in [-0.2, 0) is 9.53 Å². The molecule has 4 unspecified atom stereocenters. The van der Waals surface area contributed by atoms with Gasteiger partial charge in [0.05, 0.1) is 18.1 Å². The molecule has 2 aliphatic rings. The Bertz CT molecular complexity index is 384. The number of carbonyl (C=O) groups is 1. The maximum atomic E-state index is 11.9. The van der Waals surface area contributed by atoms with Crippen LogP contribution in [-0.4, -0.2) is 23.8 Å². The molecule has 0 aromatic heterocycles. The summed E-state index contributed by atoms with van der Waals surface area (Å²) >= 11 is 0. The summed E-state index contributed by atoms with van der Waals surface area (Å²) in [6.45, 7) is 10.7. The third-order valence-electron chi connectivity index (χ3n) is 5.94. The molecule has 0 spiro atoms. The van der Waals surface area contributed by atoms with Crippen molar-refractivity contribution in [2.24, 2.45) is 28.6 Å². The van der Waals surface area contributed by atoms with Gasteiger partial charge in [-0.15, -0.1) is 0 Å². The van der Waals surface area contributed by atoms with Gasteiger partial charge in [-0.3, -0.25) is 4.79 Å². The van der Waals surface area contributed by atoms with Crippen molar-refractivity contribution < 1.29 is 14.6 Å². The first-order valence-electron chi connectivity index (χ1n) is 8.51. The van der Waals surface area contributed by atoms with Crippen molar-refractivity contribution >= 4 is 5.97 Å². The molecular weight excluding hydrogens is 264 g/mol. The zero-order valence-electron chi connectivity index (χ0n) is 14.3. The summed E-state index contributed by atoms with van der Waals surface area (Å²) in [5.41, 5.74) is -0.200. The third kappa shape index (κ3) is 3.28. The van der Waals surface area contributed by atoms with E-state index in [-0.39, 0.29) is 17.5 Å². The molecule has 0 amide bonds. The number of carbonyl (C=O) groups excluding carboxylic acids is 1. The highest BCUT2D eigenvalue weighted by molar-refractivity contribution is 5.75. The first-order valence-corrected chi connectivity index (χ1v) is 8.51.